The van der Waals surface area contributed by atoms with Crippen LogP contribution in [0.3, 0.4) is 0 Å². The molecule has 0 fully saturated rings. The molecule has 114 valence electrons. The molecule has 2 heterocycles. The Morgan fingerprint density at radius 1 is 1.57 bits per heavy atom. The first-order valence-electron chi connectivity index (χ1n) is 7.05. The van der Waals surface area contributed by atoms with E-state index < -0.39 is 0 Å². The first-order chi connectivity index (χ1) is 10.2. The van der Waals surface area contributed by atoms with Crippen molar-refractivity contribution in [2.45, 2.75) is 26.2 Å². The van der Waals surface area contributed by atoms with Gasteiger partial charge in [0.25, 0.3) is 0 Å². The van der Waals surface area contributed by atoms with Gasteiger partial charge in [-0.05, 0) is 30.9 Å². The average molecular weight is 308 g/mol. The molecule has 2 aromatic heterocycles. The Bertz CT molecular complexity index is 551. The fourth-order valence-electron chi connectivity index (χ4n) is 1.90. The number of aliphatic hydroxyl groups excluding tert-OH is 1. The summed E-state index contributed by atoms with van der Waals surface area (Å²) in [7, 11) is 0. The second-order valence-corrected chi connectivity index (χ2v) is 5.94. The van der Waals surface area contributed by atoms with E-state index in [0.717, 1.165) is 29.3 Å². The fraction of sp³-hybridized carbons (Fsp3) is 0.467. The Hall–Kier alpha value is -1.66. The molecule has 6 heteroatoms. The van der Waals surface area contributed by atoms with Gasteiger partial charge in [-0.1, -0.05) is 6.92 Å². The molecule has 0 aromatic carbocycles. The highest BCUT2D eigenvalue weighted by Crippen LogP contribution is 2.23. The molecule has 1 amide bonds. The monoisotopic (exact) mass is 308 g/mol. The lowest BCUT2D eigenvalue weighted by Crippen LogP contribution is -2.26. The van der Waals surface area contributed by atoms with Crippen LogP contribution in [0.4, 0.5) is 0 Å². The van der Waals surface area contributed by atoms with E-state index in [-0.39, 0.29) is 24.9 Å². The van der Waals surface area contributed by atoms with Gasteiger partial charge < -0.3 is 14.8 Å². The zero-order valence-electron chi connectivity index (χ0n) is 12.0. The van der Waals surface area contributed by atoms with E-state index in [1.54, 1.807) is 6.26 Å². The van der Waals surface area contributed by atoms with E-state index >= 15 is 0 Å². The molecule has 5 nitrogen and oxygen atoms in total. The number of furan rings is 1. The van der Waals surface area contributed by atoms with Crippen molar-refractivity contribution >= 4 is 17.2 Å². The molecule has 0 saturated carbocycles. The summed E-state index contributed by atoms with van der Waals surface area (Å²) in [4.78, 5) is 16.2. The van der Waals surface area contributed by atoms with Crippen LogP contribution in [0.1, 0.15) is 25.5 Å². The fourth-order valence-corrected chi connectivity index (χ4v) is 2.68. The van der Waals surface area contributed by atoms with Crippen LogP contribution in [0.5, 0.6) is 0 Å². The summed E-state index contributed by atoms with van der Waals surface area (Å²) in [5.41, 5.74) is 0.757. The Labute approximate surface area is 128 Å². The Morgan fingerprint density at radius 3 is 3.14 bits per heavy atom. The first-order valence-corrected chi connectivity index (χ1v) is 7.93. The van der Waals surface area contributed by atoms with Gasteiger partial charge in [-0.15, -0.1) is 11.3 Å². The molecule has 0 bridgehead atoms. The van der Waals surface area contributed by atoms with Crippen LogP contribution in [0.25, 0.3) is 10.8 Å². The smallest absolute Gasteiger partial charge is 0.226 e. The summed E-state index contributed by atoms with van der Waals surface area (Å²) in [5.74, 6) is 0.990. The predicted molar refractivity (Wildman–Crippen MR) is 82.0 cm³/mol. The van der Waals surface area contributed by atoms with E-state index in [0.29, 0.717) is 6.54 Å². The van der Waals surface area contributed by atoms with E-state index in [1.807, 2.05) is 24.4 Å². The Balaban J connectivity index is 1.73. The van der Waals surface area contributed by atoms with Gasteiger partial charge in [-0.2, -0.15) is 0 Å². The predicted octanol–water partition coefficient (Wildman–Crippen LogP) is 2.47. The normalized spacial score (nSPS) is 12.3. The number of thiazole rings is 1. The highest BCUT2D eigenvalue weighted by atomic mass is 32.1. The van der Waals surface area contributed by atoms with Crippen LogP contribution in [0, 0.1) is 5.92 Å². The van der Waals surface area contributed by atoms with Crippen LogP contribution >= 0.6 is 11.3 Å². The zero-order chi connectivity index (χ0) is 15.1. The topological polar surface area (TPSA) is 75.4 Å². The van der Waals surface area contributed by atoms with Crippen LogP contribution < -0.4 is 5.32 Å². The minimum Gasteiger partial charge on any atom is -0.462 e. The number of amides is 1. The van der Waals surface area contributed by atoms with Crippen LogP contribution in [0.15, 0.2) is 28.2 Å². The number of carbonyl (C=O) groups is 1. The molecule has 0 aliphatic heterocycles. The van der Waals surface area contributed by atoms with Crippen molar-refractivity contribution in [1.82, 2.24) is 10.3 Å². The maximum atomic E-state index is 11.8. The summed E-state index contributed by atoms with van der Waals surface area (Å²) >= 11 is 1.47. The number of nitrogens with zero attached hydrogens (tertiary/aromatic N) is 1. The zero-order valence-corrected chi connectivity index (χ0v) is 12.9. The average Bonchev–Trinajstić information content (AvgIpc) is 3.13. The molecule has 21 heavy (non-hydrogen) atoms. The number of carbonyl (C=O) groups excluding carboxylic acids is 1. The SMILES string of the molecule is CC(CO)CCCNC(=O)Cc1csc(-c2ccco2)n1. The van der Waals surface area contributed by atoms with Crippen molar-refractivity contribution in [1.29, 1.82) is 0 Å². The van der Waals surface area contributed by atoms with Crippen molar-refractivity contribution in [2.24, 2.45) is 5.92 Å². The summed E-state index contributed by atoms with van der Waals surface area (Å²) in [6, 6.07) is 3.67. The molecule has 1 atom stereocenters. The van der Waals surface area contributed by atoms with Crippen molar-refractivity contribution < 1.29 is 14.3 Å². The van der Waals surface area contributed by atoms with Gasteiger partial charge in [-0.25, -0.2) is 4.98 Å². The van der Waals surface area contributed by atoms with Gasteiger partial charge in [0.2, 0.25) is 5.91 Å². The molecule has 0 saturated heterocycles. The van der Waals surface area contributed by atoms with Crippen LogP contribution in [-0.2, 0) is 11.2 Å². The molecule has 2 rings (SSSR count). The molecule has 0 aliphatic rings. The highest BCUT2D eigenvalue weighted by Gasteiger charge is 2.10. The van der Waals surface area contributed by atoms with E-state index in [4.69, 9.17) is 9.52 Å². The van der Waals surface area contributed by atoms with Gasteiger partial charge in [0.15, 0.2) is 10.8 Å². The quantitative estimate of drug-likeness (QED) is 0.735. The minimum atomic E-state index is -0.0250. The van der Waals surface area contributed by atoms with Crippen molar-refractivity contribution in [2.75, 3.05) is 13.2 Å². The van der Waals surface area contributed by atoms with Gasteiger partial charge in [0.05, 0.1) is 18.4 Å². The maximum Gasteiger partial charge on any atom is 0.226 e. The van der Waals surface area contributed by atoms with Crippen LogP contribution in [-0.4, -0.2) is 29.1 Å². The van der Waals surface area contributed by atoms with Crippen molar-refractivity contribution in [3.05, 3.63) is 29.5 Å². The third-order valence-electron chi connectivity index (χ3n) is 3.13. The number of hydrogen-bond acceptors (Lipinski definition) is 5. The first kappa shape index (κ1) is 15.7. The van der Waals surface area contributed by atoms with Gasteiger partial charge in [-0.3, -0.25) is 4.79 Å². The lowest BCUT2D eigenvalue weighted by Gasteiger charge is -2.07. The second-order valence-electron chi connectivity index (χ2n) is 5.08. The largest absolute Gasteiger partial charge is 0.462 e. The molecule has 0 spiro atoms. The number of nitrogens with one attached hydrogen (secondary N) is 1. The van der Waals surface area contributed by atoms with Crippen molar-refractivity contribution in [3.63, 3.8) is 0 Å². The Kier molecular flexibility index (Phi) is 5.95. The number of aliphatic hydroxyl groups is 1. The number of hydrogen-bond donors (Lipinski definition) is 2. The van der Waals surface area contributed by atoms with Gasteiger partial charge >= 0.3 is 0 Å². The number of aromatic nitrogens is 1. The van der Waals surface area contributed by atoms with Crippen molar-refractivity contribution in [3.8, 4) is 10.8 Å². The summed E-state index contributed by atoms with van der Waals surface area (Å²) in [6.45, 7) is 2.83. The third kappa shape index (κ3) is 4.99. The molecule has 0 radical (unpaired) electrons. The molecule has 2 aromatic rings. The van der Waals surface area contributed by atoms with Gasteiger partial charge in [0, 0.05) is 18.5 Å². The third-order valence-corrected chi connectivity index (χ3v) is 4.04. The van der Waals surface area contributed by atoms with E-state index in [2.05, 4.69) is 10.3 Å². The highest BCUT2D eigenvalue weighted by molar-refractivity contribution is 7.13. The van der Waals surface area contributed by atoms with Gasteiger partial charge in [0.1, 0.15) is 0 Å². The number of rotatable bonds is 8. The maximum absolute atomic E-state index is 11.8. The molecular weight excluding hydrogens is 288 g/mol. The molecule has 2 N–H and O–H groups in total. The summed E-state index contributed by atoms with van der Waals surface area (Å²) in [6.07, 6.45) is 3.68. The standard InChI is InChI=1S/C15H20N2O3S/c1-11(9-18)4-2-6-16-14(19)8-12-10-21-15(17-12)13-5-3-7-20-13/h3,5,7,10-11,18H,2,4,6,8-9H2,1H3,(H,16,19). The molecule has 1 unspecified atom stereocenters. The van der Waals surface area contributed by atoms with Crippen LogP contribution in [0.2, 0.25) is 0 Å². The second kappa shape index (κ2) is 7.95. The molecule has 0 aliphatic carbocycles. The van der Waals surface area contributed by atoms with E-state index in [1.165, 1.54) is 11.3 Å². The lowest BCUT2D eigenvalue weighted by atomic mass is 10.1. The lowest BCUT2D eigenvalue weighted by molar-refractivity contribution is -0.120. The molecular formula is C15H20N2O3S. The minimum absolute atomic E-state index is 0.0250. The summed E-state index contributed by atoms with van der Waals surface area (Å²) < 4.78 is 5.28. The summed E-state index contributed by atoms with van der Waals surface area (Å²) in [5, 5.41) is 14.5. The Morgan fingerprint density at radius 2 is 2.43 bits per heavy atom. The van der Waals surface area contributed by atoms with E-state index in [9.17, 15) is 4.79 Å².